The smallest absolute Gasteiger partial charge is 0.312 e. The maximum atomic E-state index is 12.6. The molecule has 3 rings (SSSR count). The maximum Gasteiger partial charge on any atom is 0.312 e. The number of rotatable bonds is 7. The van der Waals surface area contributed by atoms with Gasteiger partial charge in [0.15, 0.2) is 6.10 Å². The van der Waals surface area contributed by atoms with Crippen LogP contribution in [0.1, 0.15) is 23.7 Å². The monoisotopic (exact) mass is 446 g/mol. The molecule has 0 unspecified atom stereocenters. The van der Waals surface area contributed by atoms with E-state index in [1.165, 1.54) is 49.3 Å². The van der Waals surface area contributed by atoms with E-state index in [1.807, 2.05) is 0 Å². The summed E-state index contributed by atoms with van der Waals surface area (Å²) < 4.78 is 10.5. The van der Waals surface area contributed by atoms with E-state index < -0.39 is 22.9 Å². The van der Waals surface area contributed by atoms with Gasteiger partial charge in [-0.15, -0.1) is 0 Å². The van der Waals surface area contributed by atoms with Crippen LogP contribution in [0.25, 0.3) is 0 Å². The highest BCUT2D eigenvalue weighted by Gasteiger charge is 2.38. The summed E-state index contributed by atoms with van der Waals surface area (Å²) in [6.07, 6.45) is -1.15. The Labute approximate surface area is 182 Å². The number of hydrogen-bond donors (Lipinski definition) is 0. The summed E-state index contributed by atoms with van der Waals surface area (Å²) in [5.74, 6) is -2.06. The number of nitro groups is 1. The molecule has 0 saturated carbocycles. The molecule has 0 bridgehead atoms. The highest BCUT2D eigenvalue weighted by atomic mass is 35.5. The van der Waals surface area contributed by atoms with E-state index in [9.17, 15) is 24.5 Å². The molecule has 1 aliphatic rings. The first-order valence-electron chi connectivity index (χ1n) is 9.34. The summed E-state index contributed by atoms with van der Waals surface area (Å²) in [7, 11) is 1.33. The average Bonchev–Trinajstić information content (AvgIpc) is 3.14. The Hall–Kier alpha value is -3.46. The second kappa shape index (κ2) is 9.13. The molecule has 2 aromatic rings. The number of esters is 1. The first-order chi connectivity index (χ1) is 14.7. The molecule has 31 heavy (non-hydrogen) atoms. The van der Waals surface area contributed by atoms with Gasteiger partial charge in [0.1, 0.15) is 5.75 Å². The normalized spacial score (nSPS) is 16.7. The van der Waals surface area contributed by atoms with Gasteiger partial charge in [0, 0.05) is 29.6 Å². The fraction of sp³-hybridized carbons (Fsp3) is 0.286. The van der Waals surface area contributed by atoms with Gasteiger partial charge in [-0.25, -0.2) is 0 Å². The molecule has 0 aliphatic carbocycles. The Kier molecular flexibility index (Phi) is 6.55. The number of methoxy groups -OCH3 is 1. The molecule has 1 aliphatic heterocycles. The van der Waals surface area contributed by atoms with Gasteiger partial charge < -0.3 is 14.4 Å². The molecule has 9 nitrogen and oxygen atoms in total. The summed E-state index contributed by atoms with van der Waals surface area (Å²) in [4.78, 5) is 49.2. The predicted octanol–water partition coefficient (Wildman–Crippen LogP) is 3.42. The number of carbonyl (C=O) groups is 3. The second-order valence-corrected chi connectivity index (χ2v) is 7.41. The number of benzene rings is 2. The molecule has 1 amide bonds. The Morgan fingerprint density at radius 1 is 1.23 bits per heavy atom. The summed E-state index contributed by atoms with van der Waals surface area (Å²) in [5, 5.41) is 11.4. The standard InChI is InChI=1S/C21H19ClN2O7/c1-12(20(26)13-3-5-15(22)6-4-13)31-21(27)14-9-19(25)23(11-14)17-8-7-16(24(28)29)10-18(17)30-2/h3-8,10,12,14H,9,11H2,1-2H3/t12-,14+/m0/s1. The zero-order valence-corrected chi connectivity index (χ0v) is 17.5. The van der Waals surface area contributed by atoms with E-state index in [2.05, 4.69) is 0 Å². The Morgan fingerprint density at radius 3 is 2.52 bits per heavy atom. The van der Waals surface area contributed by atoms with E-state index in [0.717, 1.165) is 0 Å². The number of carbonyl (C=O) groups excluding carboxylic acids is 3. The highest BCUT2D eigenvalue weighted by molar-refractivity contribution is 6.30. The molecule has 10 heteroatoms. The zero-order chi connectivity index (χ0) is 22.7. The first kappa shape index (κ1) is 22.2. The number of Topliss-reactive ketones (excluding diaryl/α,β-unsaturated/α-hetero) is 1. The van der Waals surface area contributed by atoms with Crippen molar-refractivity contribution in [3.8, 4) is 5.75 Å². The topological polar surface area (TPSA) is 116 Å². The third-order valence-corrected chi connectivity index (χ3v) is 5.17. The third kappa shape index (κ3) is 4.83. The minimum absolute atomic E-state index is 0.00763. The minimum atomic E-state index is -1.04. The van der Waals surface area contributed by atoms with Gasteiger partial charge in [0.2, 0.25) is 11.7 Å². The van der Waals surface area contributed by atoms with Crippen molar-refractivity contribution < 1.29 is 28.8 Å². The van der Waals surface area contributed by atoms with Crippen molar-refractivity contribution in [1.29, 1.82) is 0 Å². The number of ketones is 1. The molecular formula is C21H19ClN2O7. The lowest BCUT2D eigenvalue weighted by molar-refractivity contribution is -0.384. The fourth-order valence-electron chi connectivity index (χ4n) is 3.27. The number of nitro benzene ring substituents is 1. The van der Waals surface area contributed by atoms with E-state index in [1.54, 1.807) is 12.1 Å². The Balaban J connectivity index is 1.69. The molecule has 0 aromatic heterocycles. The Morgan fingerprint density at radius 2 is 1.90 bits per heavy atom. The lowest BCUT2D eigenvalue weighted by Gasteiger charge is -2.19. The van der Waals surface area contributed by atoms with Crippen LogP contribution in [0, 0.1) is 16.0 Å². The molecule has 162 valence electrons. The number of non-ortho nitro benzene ring substituents is 1. The van der Waals surface area contributed by atoms with Crippen LogP contribution >= 0.6 is 11.6 Å². The van der Waals surface area contributed by atoms with E-state index in [4.69, 9.17) is 21.1 Å². The summed E-state index contributed by atoms with van der Waals surface area (Å²) in [6.45, 7) is 1.47. The van der Waals surface area contributed by atoms with Crippen molar-refractivity contribution in [1.82, 2.24) is 0 Å². The molecular weight excluding hydrogens is 428 g/mol. The van der Waals surface area contributed by atoms with Gasteiger partial charge in [-0.2, -0.15) is 0 Å². The predicted molar refractivity (Wildman–Crippen MR) is 111 cm³/mol. The number of nitrogens with zero attached hydrogens (tertiary/aromatic N) is 2. The van der Waals surface area contributed by atoms with Crippen molar-refractivity contribution in [2.24, 2.45) is 5.92 Å². The van der Waals surface area contributed by atoms with E-state index in [0.29, 0.717) is 16.3 Å². The van der Waals surface area contributed by atoms with Crippen LogP contribution in [0.4, 0.5) is 11.4 Å². The van der Waals surface area contributed by atoms with Gasteiger partial charge in [0.05, 0.1) is 29.7 Å². The molecule has 0 spiro atoms. The fourth-order valence-corrected chi connectivity index (χ4v) is 3.40. The Bertz CT molecular complexity index is 1040. The quantitative estimate of drug-likeness (QED) is 0.277. The number of hydrogen-bond acceptors (Lipinski definition) is 7. The third-order valence-electron chi connectivity index (χ3n) is 4.91. The van der Waals surface area contributed by atoms with Crippen molar-refractivity contribution >= 4 is 40.6 Å². The highest BCUT2D eigenvalue weighted by Crippen LogP contribution is 2.36. The van der Waals surface area contributed by atoms with Crippen LogP contribution in [-0.4, -0.2) is 42.3 Å². The SMILES string of the molecule is COc1cc([N+](=O)[O-])ccc1N1C[C@H](C(=O)O[C@@H](C)C(=O)c2ccc(Cl)cc2)CC1=O. The largest absolute Gasteiger partial charge is 0.494 e. The maximum absolute atomic E-state index is 12.6. The lowest BCUT2D eigenvalue weighted by Crippen LogP contribution is -2.30. The van der Waals surface area contributed by atoms with E-state index in [-0.39, 0.29) is 36.1 Å². The zero-order valence-electron chi connectivity index (χ0n) is 16.7. The average molecular weight is 447 g/mol. The van der Waals surface area contributed by atoms with Gasteiger partial charge in [0.25, 0.3) is 5.69 Å². The first-order valence-corrected chi connectivity index (χ1v) is 9.72. The van der Waals surface area contributed by atoms with Crippen LogP contribution in [0.3, 0.4) is 0 Å². The molecule has 1 saturated heterocycles. The summed E-state index contributed by atoms with van der Waals surface area (Å²) in [5.41, 5.74) is 0.487. The minimum Gasteiger partial charge on any atom is -0.494 e. The molecule has 0 radical (unpaired) electrons. The molecule has 2 atom stereocenters. The summed E-state index contributed by atoms with van der Waals surface area (Å²) in [6, 6.07) is 10.1. The van der Waals surface area contributed by atoms with Crippen molar-refractivity contribution in [3.05, 3.63) is 63.2 Å². The van der Waals surface area contributed by atoms with Crippen molar-refractivity contribution in [2.45, 2.75) is 19.4 Å². The molecule has 0 N–H and O–H groups in total. The molecule has 1 heterocycles. The van der Waals surface area contributed by atoms with Gasteiger partial charge in [-0.1, -0.05) is 11.6 Å². The van der Waals surface area contributed by atoms with Gasteiger partial charge in [-0.3, -0.25) is 24.5 Å². The number of halogens is 1. The van der Waals surface area contributed by atoms with Crippen molar-refractivity contribution in [2.75, 3.05) is 18.6 Å². The molecule has 2 aromatic carbocycles. The molecule has 1 fully saturated rings. The second-order valence-electron chi connectivity index (χ2n) is 6.97. The lowest BCUT2D eigenvalue weighted by atomic mass is 10.1. The number of amides is 1. The van der Waals surface area contributed by atoms with Gasteiger partial charge >= 0.3 is 5.97 Å². The van der Waals surface area contributed by atoms with Crippen LogP contribution in [-0.2, 0) is 14.3 Å². The van der Waals surface area contributed by atoms with Crippen LogP contribution < -0.4 is 9.64 Å². The van der Waals surface area contributed by atoms with Crippen LogP contribution in [0.15, 0.2) is 42.5 Å². The number of ether oxygens (including phenoxy) is 2. The number of anilines is 1. The van der Waals surface area contributed by atoms with Gasteiger partial charge in [-0.05, 0) is 37.3 Å². The van der Waals surface area contributed by atoms with Crippen LogP contribution in [0.2, 0.25) is 5.02 Å². The van der Waals surface area contributed by atoms with Crippen LogP contribution in [0.5, 0.6) is 5.75 Å². The summed E-state index contributed by atoms with van der Waals surface area (Å²) >= 11 is 5.81. The van der Waals surface area contributed by atoms with Crippen molar-refractivity contribution in [3.63, 3.8) is 0 Å². The van der Waals surface area contributed by atoms with E-state index >= 15 is 0 Å².